The zero-order chi connectivity index (χ0) is 12.4. The average molecular weight is 303 g/mol. The summed E-state index contributed by atoms with van der Waals surface area (Å²) < 4.78 is 26.3. The van der Waals surface area contributed by atoms with E-state index in [1.165, 1.54) is 6.07 Å². The van der Waals surface area contributed by atoms with Crippen LogP contribution < -0.4 is 5.73 Å². The molecule has 0 spiro atoms. The number of hydrogen-bond acceptors (Lipinski definition) is 3. The Morgan fingerprint density at radius 3 is 2.82 bits per heavy atom. The van der Waals surface area contributed by atoms with Crippen molar-refractivity contribution < 1.29 is 8.78 Å². The van der Waals surface area contributed by atoms with E-state index in [9.17, 15) is 8.78 Å². The Hall–Kier alpha value is -1.34. The molecular weight excluding hydrogens is 294 g/mol. The smallest absolute Gasteiger partial charge is 0.182 e. The second-order valence-corrected chi connectivity index (χ2v) is 4.16. The molecule has 0 atom stereocenters. The van der Waals surface area contributed by atoms with Crippen molar-refractivity contribution in [2.75, 3.05) is 6.54 Å². The first-order valence-corrected chi connectivity index (χ1v) is 5.68. The van der Waals surface area contributed by atoms with Gasteiger partial charge in [0.15, 0.2) is 17.5 Å². The summed E-state index contributed by atoms with van der Waals surface area (Å²) in [5.41, 5.74) is 5.77. The average Bonchev–Trinajstić information content (AvgIpc) is 2.75. The molecule has 0 fully saturated rings. The molecule has 0 aliphatic carbocycles. The fourth-order valence-corrected chi connectivity index (χ4v) is 1.86. The van der Waals surface area contributed by atoms with Gasteiger partial charge in [-0.2, -0.15) is 5.10 Å². The minimum atomic E-state index is -0.951. The van der Waals surface area contributed by atoms with Crippen LogP contribution in [0.3, 0.4) is 0 Å². The second kappa shape index (κ2) is 4.89. The normalized spacial score (nSPS) is 10.8. The number of rotatable bonds is 3. The highest BCUT2D eigenvalue weighted by molar-refractivity contribution is 9.10. The lowest BCUT2D eigenvalue weighted by molar-refractivity contribution is 0.504. The van der Waals surface area contributed by atoms with E-state index in [2.05, 4.69) is 31.1 Å². The van der Waals surface area contributed by atoms with Crippen LogP contribution in [0.25, 0.3) is 11.4 Å². The first-order valence-electron chi connectivity index (χ1n) is 4.88. The van der Waals surface area contributed by atoms with Crippen LogP contribution in [0.4, 0.5) is 8.78 Å². The molecule has 17 heavy (non-hydrogen) atoms. The summed E-state index contributed by atoms with van der Waals surface area (Å²) in [6, 6.07) is 2.45. The zero-order valence-corrected chi connectivity index (χ0v) is 10.3. The Bertz CT molecular complexity index is 541. The van der Waals surface area contributed by atoms with Crippen molar-refractivity contribution in [3.8, 4) is 11.4 Å². The Balaban J connectivity index is 2.42. The highest BCUT2D eigenvalue weighted by Gasteiger charge is 2.15. The zero-order valence-electron chi connectivity index (χ0n) is 8.67. The predicted octanol–water partition coefficient (Wildman–Crippen LogP) is 2.01. The van der Waals surface area contributed by atoms with E-state index in [1.54, 1.807) is 0 Å². The largest absolute Gasteiger partial charge is 0.330 e. The minimum absolute atomic E-state index is 0.01000. The topological polar surface area (TPSA) is 67.6 Å². The van der Waals surface area contributed by atoms with Gasteiger partial charge in [0.05, 0.1) is 4.47 Å². The van der Waals surface area contributed by atoms with E-state index in [-0.39, 0.29) is 4.47 Å². The second-order valence-electron chi connectivity index (χ2n) is 3.37. The quantitative estimate of drug-likeness (QED) is 0.852. The summed E-state index contributed by atoms with van der Waals surface area (Å²) in [6.45, 7) is 0.438. The van der Waals surface area contributed by atoms with E-state index < -0.39 is 11.6 Å². The number of hydrogen-bond donors (Lipinski definition) is 2. The van der Waals surface area contributed by atoms with E-state index in [0.29, 0.717) is 30.2 Å². The number of nitrogens with two attached hydrogens (primary N) is 1. The predicted molar refractivity (Wildman–Crippen MR) is 62.2 cm³/mol. The molecule has 0 aliphatic rings. The van der Waals surface area contributed by atoms with E-state index in [0.717, 1.165) is 6.07 Å². The van der Waals surface area contributed by atoms with Crippen LogP contribution in [0.2, 0.25) is 0 Å². The van der Waals surface area contributed by atoms with Crippen molar-refractivity contribution in [2.45, 2.75) is 6.42 Å². The molecular formula is C10H9BrF2N4. The van der Waals surface area contributed by atoms with Crippen LogP contribution in [0.15, 0.2) is 16.6 Å². The van der Waals surface area contributed by atoms with Gasteiger partial charge in [0.2, 0.25) is 0 Å². The molecule has 0 saturated heterocycles. The molecule has 0 radical (unpaired) electrons. The number of nitrogens with zero attached hydrogens (tertiary/aromatic N) is 2. The van der Waals surface area contributed by atoms with E-state index >= 15 is 0 Å². The number of aromatic nitrogens is 3. The third kappa shape index (κ3) is 2.34. The standard InChI is InChI=1S/C10H9BrF2N4/c11-8-5(1-2-6(12)9(8)13)10-15-7(3-4-14)16-17-10/h1-2H,3-4,14H2,(H,15,16,17). The molecule has 1 heterocycles. The third-order valence-corrected chi connectivity index (χ3v) is 2.96. The molecule has 0 amide bonds. The number of benzene rings is 1. The number of halogens is 3. The first kappa shape index (κ1) is 12.1. The molecule has 0 aliphatic heterocycles. The van der Waals surface area contributed by atoms with Gasteiger partial charge in [0.25, 0.3) is 0 Å². The number of aromatic amines is 1. The van der Waals surface area contributed by atoms with E-state index in [4.69, 9.17) is 5.73 Å². The summed E-state index contributed by atoms with van der Waals surface area (Å²) >= 11 is 2.98. The fraction of sp³-hybridized carbons (Fsp3) is 0.200. The lowest BCUT2D eigenvalue weighted by Gasteiger charge is -2.01. The van der Waals surface area contributed by atoms with Gasteiger partial charge >= 0.3 is 0 Å². The highest BCUT2D eigenvalue weighted by Crippen LogP contribution is 2.29. The van der Waals surface area contributed by atoms with Crippen LogP contribution in [0, 0.1) is 11.6 Å². The van der Waals surface area contributed by atoms with Crippen molar-refractivity contribution in [1.29, 1.82) is 0 Å². The lowest BCUT2D eigenvalue weighted by Crippen LogP contribution is -2.03. The van der Waals surface area contributed by atoms with Crippen molar-refractivity contribution >= 4 is 15.9 Å². The van der Waals surface area contributed by atoms with Gasteiger partial charge in [-0.15, -0.1) is 0 Å². The van der Waals surface area contributed by atoms with Crippen molar-refractivity contribution in [3.05, 3.63) is 34.1 Å². The molecule has 1 aromatic heterocycles. The minimum Gasteiger partial charge on any atom is -0.330 e. The van der Waals surface area contributed by atoms with Crippen molar-refractivity contribution in [1.82, 2.24) is 15.2 Å². The highest BCUT2D eigenvalue weighted by atomic mass is 79.9. The number of H-pyrrole nitrogens is 1. The fourth-order valence-electron chi connectivity index (χ4n) is 1.36. The van der Waals surface area contributed by atoms with Gasteiger partial charge in [-0.1, -0.05) is 0 Å². The first-order chi connectivity index (χ1) is 8.13. The molecule has 2 aromatic rings. The monoisotopic (exact) mass is 302 g/mol. The van der Waals surface area contributed by atoms with Gasteiger partial charge < -0.3 is 5.73 Å². The molecule has 1 aromatic carbocycles. The summed E-state index contributed by atoms with van der Waals surface area (Å²) in [5, 5.41) is 6.61. The maximum atomic E-state index is 13.3. The van der Waals surface area contributed by atoms with Crippen molar-refractivity contribution in [2.24, 2.45) is 5.73 Å². The SMILES string of the molecule is NCCc1nc(-c2ccc(F)c(F)c2Br)n[nH]1. The Morgan fingerprint density at radius 1 is 1.35 bits per heavy atom. The van der Waals surface area contributed by atoms with Crippen LogP contribution >= 0.6 is 15.9 Å². The maximum Gasteiger partial charge on any atom is 0.182 e. The maximum absolute atomic E-state index is 13.3. The molecule has 3 N–H and O–H groups in total. The van der Waals surface area contributed by atoms with Crippen LogP contribution in [0.5, 0.6) is 0 Å². The Labute approximate surface area is 104 Å². The summed E-state index contributed by atoms with van der Waals surface area (Å²) in [4.78, 5) is 4.14. The van der Waals surface area contributed by atoms with Gasteiger partial charge in [0, 0.05) is 12.0 Å². The van der Waals surface area contributed by atoms with E-state index in [1.807, 2.05) is 0 Å². The van der Waals surface area contributed by atoms with Gasteiger partial charge in [-0.3, -0.25) is 5.10 Å². The Kier molecular flexibility index (Phi) is 3.49. The van der Waals surface area contributed by atoms with Gasteiger partial charge in [0.1, 0.15) is 5.82 Å². The summed E-state index contributed by atoms with van der Waals surface area (Å²) in [5.74, 6) is -0.954. The number of nitrogens with one attached hydrogen (secondary N) is 1. The molecule has 7 heteroatoms. The summed E-state index contributed by atoms with van der Waals surface area (Å²) in [6.07, 6.45) is 0.550. The van der Waals surface area contributed by atoms with Crippen LogP contribution in [-0.4, -0.2) is 21.7 Å². The Morgan fingerprint density at radius 2 is 2.12 bits per heavy atom. The van der Waals surface area contributed by atoms with Crippen molar-refractivity contribution in [3.63, 3.8) is 0 Å². The molecule has 0 bridgehead atoms. The lowest BCUT2D eigenvalue weighted by atomic mass is 10.2. The molecule has 2 rings (SSSR count). The van der Waals surface area contributed by atoms with Gasteiger partial charge in [-0.05, 0) is 34.6 Å². The summed E-state index contributed by atoms with van der Waals surface area (Å²) in [7, 11) is 0. The van der Waals surface area contributed by atoms with Crippen LogP contribution in [0.1, 0.15) is 5.82 Å². The molecule has 0 saturated carbocycles. The van der Waals surface area contributed by atoms with Crippen LogP contribution in [-0.2, 0) is 6.42 Å². The van der Waals surface area contributed by atoms with Gasteiger partial charge in [-0.25, -0.2) is 13.8 Å². The third-order valence-electron chi connectivity index (χ3n) is 2.19. The molecule has 4 nitrogen and oxygen atoms in total. The molecule has 90 valence electrons. The molecule has 0 unspecified atom stereocenters.